The van der Waals surface area contributed by atoms with Gasteiger partial charge < -0.3 is 19.5 Å². The van der Waals surface area contributed by atoms with Crippen molar-refractivity contribution in [3.63, 3.8) is 0 Å². The highest BCUT2D eigenvalue weighted by atomic mass is 32.1. The highest BCUT2D eigenvalue weighted by molar-refractivity contribution is 7.15. The molecule has 0 saturated carbocycles. The Bertz CT molecular complexity index is 1760. The van der Waals surface area contributed by atoms with Gasteiger partial charge in [-0.3, -0.25) is 4.40 Å². The second kappa shape index (κ2) is 9.97. The first kappa shape index (κ1) is 23.6. The SMILES string of the molecule is Cn1ccnc1-c1cccc(-c2nc3sccn3c2-c2ccnc(Nc3cccc(N4CCOCC4)c3)n2)c1. The predicted molar refractivity (Wildman–Crippen MR) is 154 cm³/mol. The molecule has 2 aromatic carbocycles. The number of nitrogens with one attached hydrogen (secondary N) is 1. The number of imidazole rings is 2. The van der Waals surface area contributed by atoms with Gasteiger partial charge in [-0.15, -0.1) is 11.3 Å². The highest BCUT2D eigenvalue weighted by Crippen LogP contribution is 2.35. The molecule has 7 rings (SSSR count). The number of benzene rings is 2. The summed E-state index contributed by atoms with van der Waals surface area (Å²) in [4.78, 5) is 22.2. The van der Waals surface area contributed by atoms with E-state index in [1.807, 2.05) is 53.8 Å². The van der Waals surface area contributed by atoms with Gasteiger partial charge in [0, 0.05) is 72.8 Å². The van der Waals surface area contributed by atoms with E-state index in [0.29, 0.717) is 5.95 Å². The Labute approximate surface area is 229 Å². The van der Waals surface area contributed by atoms with Crippen LogP contribution in [0.2, 0.25) is 0 Å². The van der Waals surface area contributed by atoms with Crippen LogP contribution in [-0.4, -0.2) is 55.2 Å². The molecule has 194 valence electrons. The van der Waals surface area contributed by atoms with Crippen LogP contribution in [0.15, 0.2) is 84.8 Å². The van der Waals surface area contributed by atoms with Gasteiger partial charge in [0.25, 0.3) is 0 Å². The van der Waals surface area contributed by atoms with Crippen molar-refractivity contribution in [1.29, 1.82) is 0 Å². The molecule has 0 radical (unpaired) electrons. The van der Waals surface area contributed by atoms with Crippen molar-refractivity contribution >= 4 is 33.6 Å². The third kappa shape index (κ3) is 4.53. The van der Waals surface area contributed by atoms with Crippen LogP contribution in [0, 0.1) is 0 Å². The van der Waals surface area contributed by atoms with Crippen molar-refractivity contribution in [2.24, 2.45) is 7.05 Å². The Morgan fingerprint density at radius 3 is 2.64 bits per heavy atom. The smallest absolute Gasteiger partial charge is 0.227 e. The van der Waals surface area contributed by atoms with Gasteiger partial charge in [0.05, 0.1) is 24.6 Å². The summed E-state index contributed by atoms with van der Waals surface area (Å²) in [7, 11) is 2.00. The maximum atomic E-state index is 5.50. The number of morpholine rings is 1. The number of rotatable bonds is 6. The van der Waals surface area contributed by atoms with E-state index in [1.165, 1.54) is 0 Å². The third-order valence-corrected chi connectivity index (χ3v) is 7.61. The minimum Gasteiger partial charge on any atom is -0.378 e. The van der Waals surface area contributed by atoms with E-state index in [2.05, 4.69) is 61.0 Å². The van der Waals surface area contributed by atoms with Gasteiger partial charge in [-0.2, -0.15) is 0 Å². The number of aryl methyl sites for hydroxylation is 1. The third-order valence-electron chi connectivity index (χ3n) is 6.85. The first-order valence-corrected chi connectivity index (χ1v) is 13.7. The Morgan fingerprint density at radius 1 is 0.897 bits per heavy atom. The molecule has 0 bridgehead atoms. The Morgan fingerprint density at radius 2 is 1.77 bits per heavy atom. The summed E-state index contributed by atoms with van der Waals surface area (Å²) in [6, 6.07) is 18.6. The molecule has 1 aliphatic heterocycles. The van der Waals surface area contributed by atoms with Crippen molar-refractivity contribution < 1.29 is 4.74 Å². The summed E-state index contributed by atoms with van der Waals surface area (Å²) in [5.41, 5.74) is 6.73. The van der Waals surface area contributed by atoms with Crippen LogP contribution in [0.25, 0.3) is 39.0 Å². The van der Waals surface area contributed by atoms with Gasteiger partial charge >= 0.3 is 0 Å². The van der Waals surface area contributed by atoms with Gasteiger partial charge in [0.1, 0.15) is 11.5 Å². The number of hydrogen-bond donors (Lipinski definition) is 1. The van der Waals surface area contributed by atoms with Crippen molar-refractivity contribution in [2.45, 2.75) is 0 Å². The fraction of sp³-hybridized carbons (Fsp3) is 0.172. The number of ether oxygens (including phenoxy) is 1. The van der Waals surface area contributed by atoms with Gasteiger partial charge in [-0.1, -0.05) is 24.3 Å². The van der Waals surface area contributed by atoms with Crippen molar-refractivity contribution in [1.82, 2.24) is 28.9 Å². The first-order chi connectivity index (χ1) is 19.2. The zero-order valence-corrected chi connectivity index (χ0v) is 22.2. The van der Waals surface area contributed by atoms with Crippen LogP contribution in [0.3, 0.4) is 0 Å². The number of nitrogens with zero attached hydrogens (tertiary/aromatic N) is 7. The molecule has 9 nitrogen and oxygen atoms in total. The summed E-state index contributed by atoms with van der Waals surface area (Å²) >= 11 is 1.60. The topological polar surface area (TPSA) is 85.4 Å². The zero-order chi connectivity index (χ0) is 26.2. The van der Waals surface area contributed by atoms with E-state index in [1.54, 1.807) is 17.5 Å². The second-order valence-electron chi connectivity index (χ2n) is 9.35. The number of thiazole rings is 1. The first-order valence-electron chi connectivity index (χ1n) is 12.8. The van der Waals surface area contributed by atoms with Crippen LogP contribution in [0.5, 0.6) is 0 Å². The second-order valence-corrected chi connectivity index (χ2v) is 10.2. The van der Waals surface area contributed by atoms with Gasteiger partial charge in [-0.25, -0.2) is 19.9 Å². The normalized spacial score (nSPS) is 13.7. The molecule has 1 fully saturated rings. The fourth-order valence-corrected chi connectivity index (χ4v) is 5.68. The minimum absolute atomic E-state index is 0.532. The molecule has 0 aliphatic carbocycles. The lowest BCUT2D eigenvalue weighted by atomic mass is 10.0. The highest BCUT2D eigenvalue weighted by Gasteiger charge is 2.20. The van der Waals surface area contributed by atoms with E-state index >= 15 is 0 Å². The maximum absolute atomic E-state index is 5.50. The average molecular weight is 535 g/mol. The molecule has 5 heterocycles. The molecule has 0 atom stereocenters. The molecule has 1 saturated heterocycles. The van der Waals surface area contributed by atoms with Crippen LogP contribution in [-0.2, 0) is 11.8 Å². The van der Waals surface area contributed by atoms with Crippen LogP contribution < -0.4 is 10.2 Å². The molecule has 0 amide bonds. The number of hydrogen-bond acceptors (Lipinski definition) is 8. The molecule has 1 aliphatic rings. The molecular weight excluding hydrogens is 508 g/mol. The van der Waals surface area contributed by atoms with E-state index < -0.39 is 0 Å². The molecule has 0 spiro atoms. The lowest BCUT2D eigenvalue weighted by molar-refractivity contribution is 0.122. The van der Waals surface area contributed by atoms with Crippen LogP contribution >= 0.6 is 11.3 Å². The van der Waals surface area contributed by atoms with Crippen molar-refractivity contribution in [2.75, 3.05) is 36.5 Å². The minimum atomic E-state index is 0.532. The number of anilines is 3. The molecule has 10 heteroatoms. The monoisotopic (exact) mass is 534 g/mol. The fourth-order valence-electron chi connectivity index (χ4n) is 4.96. The zero-order valence-electron chi connectivity index (χ0n) is 21.4. The van der Waals surface area contributed by atoms with E-state index in [9.17, 15) is 0 Å². The van der Waals surface area contributed by atoms with E-state index in [-0.39, 0.29) is 0 Å². The summed E-state index contributed by atoms with van der Waals surface area (Å²) in [6.45, 7) is 3.27. The lowest BCUT2D eigenvalue weighted by Gasteiger charge is -2.29. The van der Waals surface area contributed by atoms with Gasteiger partial charge in [0.15, 0.2) is 4.96 Å². The standard InChI is InChI=1S/C29H26N8OS/c1-35-11-10-30-27(35)21-5-2-4-20(18-21)25-26(37-14-17-39-29(37)34-25)24-8-9-31-28(33-24)32-22-6-3-7-23(19-22)36-12-15-38-16-13-36/h2-11,14,17-19H,12-13,15-16H2,1H3,(H,31,32,33). The Hall–Kier alpha value is -4.54. The molecule has 39 heavy (non-hydrogen) atoms. The average Bonchev–Trinajstić information content (AvgIpc) is 3.70. The van der Waals surface area contributed by atoms with Crippen molar-refractivity contribution in [3.8, 4) is 34.0 Å². The van der Waals surface area contributed by atoms with Crippen LogP contribution in [0.4, 0.5) is 17.3 Å². The number of fused-ring (bicyclic) bond motifs is 1. The summed E-state index contributed by atoms with van der Waals surface area (Å²) in [5, 5.41) is 5.44. The summed E-state index contributed by atoms with van der Waals surface area (Å²) in [5.74, 6) is 1.44. The molecule has 0 unspecified atom stereocenters. The molecule has 6 aromatic rings. The number of aromatic nitrogens is 6. The molecule has 4 aromatic heterocycles. The summed E-state index contributed by atoms with van der Waals surface area (Å²) in [6.07, 6.45) is 7.59. The van der Waals surface area contributed by atoms with Crippen LogP contribution in [0.1, 0.15) is 0 Å². The quantitative estimate of drug-likeness (QED) is 0.302. The maximum Gasteiger partial charge on any atom is 0.227 e. The van der Waals surface area contributed by atoms with Gasteiger partial charge in [-0.05, 0) is 30.3 Å². The molecule has 1 N–H and O–H groups in total. The van der Waals surface area contributed by atoms with E-state index in [4.69, 9.17) is 14.7 Å². The largest absolute Gasteiger partial charge is 0.378 e. The van der Waals surface area contributed by atoms with Gasteiger partial charge in [0.2, 0.25) is 5.95 Å². The Kier molecular flexibility index (Phi) is 6.03. The van der Waals surface area contributed by atoms with E-state index in [0.717, 1.165) is 76.7 Å². The predicted octanol–water partition coefficient (Wildman–Crippen LogP) is 5.50. The van der Waals surface area contributed by atoms with Crippen molar-refractivity contribution in [3.05, 3.63) is 84.8 Å². The molecular formula is C29H26N8OS. The Balaban J connectivity index is 1.25. The summed E-state index contributed by atoms with van der Waals surface area (Å²) < 4.78 is 9.62. The lowest BCUT2D eigenvalue weighted by Crippen LogP contribution is -2.36.